The summed E-state index contributed by atoms with van der Waals surface area (Å²) < 4.78 is 0. The van der Waals surface area contributed by atoms with E-state index in [9.17, 15) is 4.79 Å². The highest BCUT2D eigenvalue weighted by Crippen LogP contribution is 2.23. The molecule has 0 aromatic carbocycles. The van der Waals surface area contributed by atoms with Crippen LogP contribution in [0.1, 0.15) is 32.6 Å². The number of rotatable bonds is 3. The largest absolute Gasteiger partial charge is 0.336 e. The number of carbonyl (C=O) groups is 1. The first-order valence-corrected chi connectivity index (χ1v) is 4.72. The Bertz CT molecular complexity index is 171. The van der Waals surface area contributed by atoms with E-state index in [2.05, 4.69) is 6.58 Å². The Morgan fingerprint density at radius 2 is 2.17 bits per heavy atom. The van der Waals surface area contributed by atoms with Crippen LogP contribution in [0.5, 0.6) is 0 Å². The molecule has 2 heteroatoms. The molecule has 1 rings (SSSR count). The van der Waals surface area contributed by atoms with Gasteiger partial charge in [0.2, 0.25) is 5.91 Å². The molecule has 1 amide bonds. The number of hydrogen-bond donors (Lipinski definition) is 0. The minimum Gasteiger partial charge on any atom is -0.336 e. The zero-order valence-electron chi connectivity index (χ0n) is 7.75. The number of nitrogens with zero attached hydrogens (tertiary/aromatic N) is 1. The number of carbonyl (C=O) groups excluding carboxylic acids is 1. The highest BCUT2D eigenvalue weighted by atomic mass is 16.2. The van der Waals surface area contributed by atoms with E-state index in [0.717, 1.165) is 6.54 Å². The van der Waals surface area contributed by atoms with Gasteiger partial charge in [0, 0.05) is 12.6 Å². The maximum atomic E-state index is 11.3. The lowest BCUT2D eigenvalue weighted by atomic mass is 10.2. The molecule has 0 N–H and O–H groups in total. The summed E-state index contributed by atoms with van der Waals surface area (Å²) in [4.78, 5) is 13.3. The summed E-state index contributed by atoms with van der Waals surface area (Å²) in [5, 5.41) is 0. The lowest BCUT2D eigenvalue weighted by Crippen LogP contribution is -2.37. The number of hydrogen-bond acceptors (Lipinski definition) is 1. The van der Waals surface area contributed by atoms with Gasteiger partial charge >= 0.3 is 0 Å². The average molecular weight is 167 g/mol. The standard InChI is InChI=1S/C10H17NO/c1-3-10(12)11(4-2)9-7-5-6-8-9/h3,9H,1,4-8H2,2H3. The highest BCUT2D eigenvalue weighted by Gasteiger charge is 2.23. The van der Waals surface area contributed by atoms with Crippen molar-refractivity contribution < 1.29 is 4.79 Å². The van der Waals surface area contributed by atoms with Gasteiger partial charge in [-0.25, -0.2) is 0 Å². The second-order valence-corrected chi connectivity index (χ2v) is 3.27. The molecule has 0 unspecified atom stereocenters. The second kappa shape index (κ2) is 4.29. The predicted molar refractivity (Wildman–Crippen MR) is 49.8 cm³/mol. The molecule has 1 aliphatic carbocycles. The van der Waals surface area contributed by atoms with Crippen molar-refractivity contribution in [3.8, 4) is 0 Å². The van der Waals surface area contributed by atoms with Crippen LogP contribution in [0.4, 0.5) is 0 Å². The topological polar surface area (TPSA) is 20.3 Å². The lowest BCUT2D eigenvalue weighted by Gasteiger charge is -2.26. The SMILES string of the molecule is C=CC(=O)N(CC)C1CCCC1. The van der Waals surface area contributed by atoms with Gasteiger partial charge in [-0.15, -0.1) is 0 Å². The molecule has 0 aromatic rings. The molecule has 1 saturated carbocycles. The van der Waals surface area contributed by atoms with E-state index < -0.39 is 0 Å². The molecule has 0 radical (unpaired) electrons. The van der Waals surface area contributed by atoms with E-state index in [-0.39, 0.29) is 5.91 Å². The average Bonchev–Trinajstić information content (AvgIpc) is 2.58. The van der Waals surface area contributed by atoms with Crippen molar-refractivity contribution >= 4 is 5.91 Å². The predicted octanol–water partition coefficient (Wildman–Crippen LogP) is 1.96. The number of likely N-dealkylation sites (N-methyl/N-ethyl adjacent to an activating group) is 1. The van der Waals surface area contributed by atoms with E-state index in [1.165, 1.54) is 31.8 Å². The van der Waals surface area contributed by atoms with Crippen LogP contribution in [0.2, 0.25) is 0 Å². The fourth-order valence-corrected chi connectivity index (χ4v) is 1.93. The van der Waals surface area contributed by atoms with Gasteiger partial charge in [0.1, 0.15) is 0 Å². The monoisotopic (exact) mass is 167 g/mol. The smallest absolute Gasteiger partial charge is 0.246 e. The fraction of sp³-hybridized carbons (Fsp3) is 0.700. The molecular weight excluding hydrogens is 150 g/mol. The maximum Gasteiger partial charge on any atom is 0.246 e. The first-order chi connectivity index (χ1) is 5.79. The Morgan fingerprint density at radius 1 is 1.58 bits per heavy atom. The quantitative estimate of drug-likeness (QED) is 0.588. The molecule has 0 spiro atoms. The van der Waals surface area contributed by atoms with E-state index in [0.29, 0.717) is 6.04 Å². The molecule has 0 saturated heterocycles. The van der Waals surface area contributed by atoms with Crippen molar-refractivity contribution in [1.82, 2.24) is 4.90 Å². The molecule has 1 fully saturated rings. The van der Waals surface area contributed by atoms with Gasteiger partial charge in [0.15, 0.2) is 0 Å². The summed E-state index contributed by atoms with van der Waals surface area (Å²) in [6.45, 7) is 6.35. The van der Waals surface area contributed by atoms with Crippen LogP contribution in [0, 0.1) is 0 Å². The summed E-state index contributed by atoms with van der Waals surface area (Å²) in [5.41, 5.74) is 0. The molecule has 0 aliphatic heterocycles. The zero-order chi connectivity index (χ0) is 8.97. The molecule has 12 heavy (non-hydrogen) atoms. The van der Waals surface area contributed by atoms with Crippen LogP contribution in [-0.2, 0) is 4.79 Å². The van der Waals surface area contributed by atoms with Gasteiger partial charge in [-0.1, -0.05) is 19.4 Å². The highest BCUT2D eigenvalue weighted by molar-refractivity contribution is 5.87. The Labute approximate surface area is 74.2 Å². The fourth-order valence-electron chi connectivity index (χ4n) is 1.93. The van der Waals surface area contributed by atoms with E-state index >= 15 is 0 Å². The van der Waals surface area contributed by atoms with Crippen molar-refractivity contribution in [3.63, 3.8) is 0 Å². The molecule has 68 valence electrons. The van der Waals surface area contributed by atoms with E-state index in [1.807, 2.05) is 11.8 Å². The molecule has 0 atom stereocenters. The van der Waals surface area contributed by atoms with Crippen molar-refractivity contribution in [2.24, 2.45) is 0 Å². The molecule has 0 bridgehead atoms. The first-order valence-electron chi connectivity index (χ1n) is 4.72. The van der Waals surface area contributed by atoms with Crippen LogP contribution < -0.4 is 0 Å². The lowest BCUT2D eigenvalue weighted by molar-refractivity contribution is -0.127. The van der Waals surface area contributed by atoms with Gasteiger partial charge in [-0.05, 0) is 25.8 Å². The Kier molecular flexibility index (Phi) is 3.32. The van der Waals surface area contributed by atoms with Crippen molar-refractivity contribution in [2.75, 3.05) is 6.54 Å². The van der Waals surface area contributed by atoms with Gasteiger partial charge in [-0.3, -0.25) is 4.79 Å². The van der Waals surface area contributed by atoms with Crippen LogP contribution >= 0.6 is 0 Å². The van der Waals surface area contributed by atoms with Crippen LogP contribution in [0.3, 0.4) is 0 Å². The Hall–Kier alpha value is -0.790. The Morgan fingerprint density at radius 3 is 2.58 bits per heavy atom. The minimum atomic E-state index is 0.0874. The minimum absolute atomic E-state index is 0.0874. The summed E-state index contributed by atoms with van der Waals surface area (Å²) >= 11 is 0. The molecule has 2 nitrogen and oxygen atoms in total. The Balaban J connectivity index is 2.53. The second-order valence-electron chi connectivity index (χ2n) is 3.27. The van der Waals surface area contributed by atoms with Gasteiger partial charge < -0.3 is 4.90 Å². The van der Waals surface area contributed by atoms with E-state index in [4.69, 9.17) is 0 Å². The van der Waals surface area contributed by atoms with Crippen LogP contribution in [0.15, 0.2) is 12.7 Å². The van der Waals surface area contributed by atoms with E-state index in [1.54, 1.807) is 0 Å². The van der Waals surface area contributed by atoms with Crippen molar-refractivity contribution in [2.45, 2.75) is 38.6 Å². The molecule has 1 aliphatic rings. The van der Waals surface area contributed by atoms with Gasteiger partial charge in [0.25, 0.3) is 0 Å². The van der Waals surface area contributed by atoms with Gasteiger partial charge in [-0.2, -0.15) is 0 Å². The third kappa shape index (κ3) is 1.87. The summed E-state index contributed by atoms with van der Waals surface area (Å²) in [6.07, 6.45) is 6.31. The summed E-state index contributed by atoms with van der Waals surface area (Å²) in [5.74, 6) is 0.0874. The van der Waals surface area contributed by atoms with Crippen molar-refractivity contribution in [3.05, 3.63) is 12.7 Å². The first kappa shape index (κ1) is 9.30. The summed E-state index contributed by atoms with van der Waals surface area (Å²) in [6, 6.07) is 0.487. The zero-order valence-corrected chi connectivity index (χ0v) is 7.75. The summed E-state index contributed by atoms with van der Waals surface area (Å²) in [7, 11) is 0. The van der Waals surface area contributed by atoms with Crippen molar-refractivity contribution in [1.29, 1.82) is 0 Å². The maximum absolute atomic E-state index is 11.3. The molecule has 0 heterocycles. The third-order valence-corrected chi connectivity index (χ3v) is 2.56. The van der Waals surface area contributed by atoms with Crippen LogP contribution in [-0.4, -0.2) is 23.4 Å². The van der Waals surface area contributed by atoms with Crippen LogP contribution in [0.25, 0.3) is 0 Å². The normalized spacial score (nSPS) is 17.8. The molecular formula is C10H17NO. The third-order valence-electron chi connectivity index (χ3n) is 2.56. The number of amides is 1. The molecule has 0 aromatic heterocycles. The van der Waals surface area contributed by atoms with Gasteiger partial charge in [0.05, 0.1) is 0 Å².